The van der Waals surface area contributed by atoms with E-state index in [4.69, 9.17) is 16.4 Å². The minimum Gasteiger partial charge on any atom is -0.392 e. The fourth-order valence-corrected chi connectivity index (χ4v) is 3.20. The molecule has 0 aliphatic carbocycles. The Kier molecular flexibility index (Phi) is 7.90. The molecule has 3 rings (SSSR count). The van der Waals surface area contributed by atoms with E-state index in [-0.39, 0.29) is 24.2 Å². The van der Waals surface area contributed by atoms with Gasteiger partial charge in [-0.3, -0.25) is 4.98 Å². The molecule has 0 radical (unpaired) electrons. The SMILES string of the molecule is Cl.OC(CON=C(Cl)c1nccc2ccccc12)CN1CCCCC1. The van der Waals surface area contributed by atoms with Crippen LogP contribution in [0, 0.1) is 0 Å². The third-order valence-electron chi connectivity index (χ3n) is 4.20. The summed E-state index contributed by atoms with van der Waals surface area (Å²) >= 11 is 6.23. The fraction of sp³-hybridized carbons (Fsp3) is 0.444. The van der Waals surface area contributed by atoms with E-state index in [9.17, 15) is 5.11 Å². The molecule has 25 heavy (non-hydrogen) atoms. The van der Waals surface area contributed by atoms with Crippen LogP contribution < -0.4 is 0 Å². The van der Waals surface area contributed by atoms with Gasteiger partial charge in [-0.25, -0.2) is 0 Å². The molecule has 1 aliphatic heterocycles. The van der Waals surface area contributed by atoms with Crippen molar-refractivity contribution in [1.29, 1.82) is 0 Å². The van der Waals surface area contributed by atoms with Gasteiger partial charge in [0.1, 0.15) is 18.4 Å². The van der Waals surface area contributed by atoms with Gasteiger partial charge in [0, 0.05) is 18.1 Å². The number of hydrogen-bond donors (Lipinski definition) is 1. The molecule has 136 valence electrons. The molecule has 1 aliphatic rings. The number of halogens is 2. The number of aromatic nitrogens is 1. The van der Waals surface area contributed by atoms with Gasteiger partial charge in [-0.2, -0.15) is 0 Å². The van der Waals surface area contributed by atoms with Gasteiger partial charge in [0.05, 0.1) is 0 Å². The summed E-state index contributed by atoms with van der Waals surface area (Å²) in [4.78, 5) is 11.8. The zero-order chi connectivity index (χ0) is 16.8. The minimum absolute atomic E-state index is 0. The number of aliphatic hydroxyl groups excluding tert-OH is 1. The van der Waals surface area contributed by atoms with E-state index in [0.29, 0.717) is 12.2 Å². The van der Waals surface area contributed by atoms with Crippen molar-refractivity contribution in [3.05, 3.63) is 42.2 Å². The number of β-amino-alcohol motifs (C(OH)–C–C–N with tert-alkyl or cyclic N) is 1. The fourth-order valence-electron chi connectivity index (χ4n) is 3.00. The molecule has 1 aromatic heterocycles. The van der Waals surface area contributed by atoms with E-state index in [2.05, 4.69) is 15.0 Å². The zero-order valence-corrected chi connectivity index (χ0v) is 15.5. The van der Waals surface area contributed by atoms with Crippen molar-refractivity contribution in [2.24, 2.45) is 5.16 Å². The lowest BCUT2D eigenvalue weighted by Gasteiger charge is -2.27. The van der Waals surface area contributed by atoms with Gasteiger partial charge in [-0.05, 0) is 37.4 Å². The summed E-state index contributed by atoms with van der Waals surface area (Å²) in [5, 5.41) is 16.1. The number of likely N-dealkylation sites (tertiary alicyclic amines) is 1. The molecule has 2 heterocycles. The smallest absolute Gasteiger partial charge is 0.194 e. The van der Waals surface area contributed by atoms with E-state index in [1.165, 1.54) is 19.3 Å². The number of nitrogens with zero attached hydrogens (tertiary/aromatic N) is 3. The Labute approximate surface area is 159 Å². The lowest BCUT2D eigenvalue weighted by Crippen LogP contribution is -2.38. The molecular weight excluding hydrogens is 361 g/mol. The first-order chi connectivity index (χ1) is 11.7. The highest BCUT2D eigenvalue weighted by molar-refractivity contribution is 6.70. The van der Waals surface area contributed by atoms with Crippen LogP contribution in [0.1, 0.15) is 25.0 Å². The first-order valence-corrected chi connectivity index (χ1v) is 8.72. The van der Waals surface area contributed by atoms with Gasteiger partial charge >= 0.3 is 0 Å². The third kappa shape index (κ3) is 5.54. The highest BCUT2D eigenvalue weighted by atomic mass is 35.5. The Morgan fingerprint density at radius 1 is 1.24 bits per heavy atom. The topological polar surface area (TPSA) is 58.0 Å². The summed E-state index contributed by atoms with van der Waals surface area (Å²) < 4.78 is 0. The predicted molar refractivity (Wildman–Crippen MR) is 104 cm³/mol. The first kappa shape index (κ1) is 19.9. The second kappa shape index (κ2) is 9.92. The van der Waals surface area contributed by atoms with Crippen LogP contribution in [0.2, 0.25) is 0 Å². The van der Waals surface area contributed by atoms with Crippen LogP contribution in [0.5, 0.6) is 0 Å². The molecule has 1 fully saturated rings. The Morgan fingerprint density at radius 2 is 2.00 bits per heavy atom. The summed E-state index contributed by atoms with van der Waals surface area (Å²) in [5.41, 5.74) is 0.584. The molecular formula is C18H23Cl2N3O2. The zero-order valence-electron chi connectivity index (χ0n) is 14.0. The summed E-state index contributed by atoms with van der Waals surface area (Å²) in [5.74, 6) is 0. The van der Waals surface area contributed by atoms with Crippen molar-refractivity contribution in [2.75, 3.05) is 26.2 Å². The van der Waals surface area contributed by atoms with Crippen molar-refractivity contribution in [3.63, 3.8) is 0 Å². The van der Waals surface area contributed by atoms with E-state index >= 15 is 0 Å². The maximum Gasteiger partial charge on any atom is 0.194 e. The standard InChI is InChI=1S/C18H22ClN3O2.ClH/c19-18(17-16-7-3-2-6-14(16)8-9-20-17)21-24-13-15(23)12-22-10-4-1-5-11-22;/h2-3,6-9,15,23H,1,4-5,10-13H2;1H. The van der Waals surface area contributed by atoms with E-state index in [1.807, 2.05) is 30.3 Å². The van der Waals surface area contributed by atoms with Gasteiger partial charge < -0.3 is 14.8 Å². The Morgan fingerprint density at radius 3 is 2.80 bits per heavy atom. The molecule has 1 N–H and O–H groups in total. The first-order valence-electron chi connectivity index (χ1n) is 8.34. The number of fused-ring (bicyclic) bond motifs is 1. The second-order valence-electron chi connectivity index (χ2n) is 6.07. The number of aliphatic hydroxyl groups is 1. The monoisotopic (exact) mass is 383 g/mol. The molecule has 0 spiro atoms. The molecule has 0 saturated carbocycles. The van der Waals surface area contributed by atoms with Crippen molar-refractivity contribution in [2.45, 2.75) is 25.4 Å². The van der Waals surface area contributed by atoms with Crippen LogP contribution in [0.4, 0.5) is 0 Å². The number of hydrogen-bond acceptors (Lipinski definition) is 5. The molecule has 1 aromatic carbocycles. The average molecular weight is 384 g/mol. The van der Waals surface area contributed by atoms with Crippen molar-refractivity contribution >= 4 is 40.0 Å². The maximum atomic E-state index is 10.1. The van der Waals surface area contributed by atoms with E-state index in [1.54, 1.807) is 6.20 Å². The van der Waals surface area contributed by atoms with E-state index < -0.39 is 6.10 Å². The Hall–Kier alpha value is -1.40. The van der Waals surface area contributed by atoms with Gasteiger partial charge in [-0.1, -0.05) is 47.4 Å². The lowest BCUT2D eigenvalue weighted by molar-refractivity contribution is 0.0161. The van der Waals surface area contributed by atoms with Crippen molar-refractivity contribution < 1.29 is 9.94 Å². The largest absolute Gasteiger partial charge is 0.392 e. The summed E-state index contributed by atoms with van der Waals surface area (Å²) in [6.45, 7) is 2.82. The van der Waals surface area contributed by atoms with Crippen LogP contribution >= 0.6 is 24.0 Å². The number of rotatable bonds is 6. The van der Waals surface area contributed by atoms with Crippen LogP contribution in [-0.4, -0.2) is 52.5 Å². The molecule has 1 atom stereocenters. The number of oxime groups is 1. The summed E-state index contributed by atoms with van der Waals surface area (Å²) in [6.07, 6.45) is 4.80. The highest BCUT2D eigenvalue weighted by Crippen LogP contribution is 2.18. The lowest BCUT2D eigenvalue weighted by atomic mass is 10.1. The molecule has 2 aromatic rings. The number of pyridine rings is 1. The number of piperidine rings is 1. The number of benzene rings is 1. The molecule has 7 heteroatoms. The van der Waals surface area contributed by atoms with Crippen LogP contribution in [-0.2, 0) is 4.84 Å². The molecule has 1 unspecified atom stereocenters. The quantitative estimate of drug-likeness (QED) is 0.613. The second-order valence-corrected chi connectivity index (χ2v) is 6.43. The van der Waals surface area contributed by atoms with Crippen molar-refractivity contribution in [1.82, 2.24) is 9.88 Å². The highest BCUT2D eigenvalue weighted by Gasteiger charge is 2.15. The minimum atomic E-state index is -0.572. The summed E-state index contributed by atoms with van der Waals surface area (Å²) in [6, 6.07) is 9.76. The Balaban J connectivity index is 0.00000225. The normalized spacial score (nSPS) is 17.1. The van der Waals surface area contributed by atoms with Gasteiger partial charge in [0.2, 0.25) is 0 Å². The van der Waals surface area contributed by atoms with Gasteiger partial charge in [0.25, 0.3) is 0 Å². The van der Waals surface area contributed by atoms with Gasteiger partial charge in [-0.15, -0.1) is 12.4 Å². The molecule has 5 nitrogen and oxygen atoms in total. The van der Waals surface area contributed by atoms with Crippen LogP contribution in [0.25, 0.3) is 10.8 Å². The van der Waals surface area contributed by atoms with E-state index in [0.717, 1.165) is 23.9 Å². The maximum absolute atomic E-state index is 10.1. The van der Waals surface area contributed by atoms with Gasteiger partial charge in [0.15, 0.2) is 5.17 Å². The summed E-state index contributed by atoms with van der Waals surface area (Å²) in [7, 11) is 0. The van der Waals surface area contributed by atoms with Crippen LogP contribution in [0.15, 0.2) is 41.7 Å². The molecule has 0 amide bonds. The molecule has 1 saturated heterocycles. The predicted octanol–water partition coefficient (Wildman–Crippen LogP) is 3.42. The van der Waals surface area contributed by atoms with Crippen LogP contribution in [0.3, 0.4) is 0 Å². The Bertz CT molecular complexity index is 700. The third-order valence-corrected chi connectivity index (χ3v) is 4.45. The van der Waals surface area contributed by atoms with Crippen molar-refractivity contribution in [3.8, 4) is 0 Å². The molecule has 0 bridgehead atoms. The average Bonchev–Trinajstić information content (AvgIpc) is 2.62.